The van der Waals surface area contributed by atoms with Crippen molar-refractivity contribution in [3.8, 4) is 0 Å². The molecule has 1 aliphatic rings. The van der Waals surface area contributed by atoms with Crippen LogP contribution in [0.15, 0.2) is 35.9 Å². The SMILES string of the molecule is Fc1ccc(CC2=CC(Cl)CC2)cc1. The molecular formula is C12H12ClF. The quantitative estimate of drug-likeness (QED) is 0.516. The average molecular weight is 211 g/mol. The molecular weight excluding hydrogens is 199 g/mol. The fourth-order valence-corrected chi connectivity index (χ4v) is 2.04. The van der Waals surface area contributed by atoms with Gasteiger partial charge in [0.25, 0.3) is 0 Å². The van der Waals surface area contributed by atoms with Crippen LogP contribution in [0.4, 0.5) is 4.39 Å². The van der Waals surface area contributed by atoms with Gasteiger partial charge in [0.05, 0.1) is 5.38 Å². The topological polar surface area (TPSA) is 0 Å². The highest BCUT2D eigenvalue weighted by Gasteiger charge is 2.12. The normalized spacial score (nSPS) is 21.0. The van der Waals surface area contributed by atoms with Crippen LogP contribution in [0, 0.1) is 5.82 Å². The van der Waals surface area contributed by atoms with Crippen LogP contribution in [0.2, 0.25) is 0 Å². The van der Waals surface area contributed by atoms with E-state index in [9.17, 15) is 4.39 Å². The van der Waals surface area contributed by atoms with Gasteiger partial charge in [-0.1, -0.05) is 23.8 Å². The Kier molecular flexibility index (Phi) is 2.87. The van der Waals surface area contributed by atoms with Crippen LogP contribution in [0.25, 0.3) is 0 Å². The molecule has 1 aliphatic carbocycles. The van der Waals surface area contributed by atoms with Crippen molar-refractivity contribution < 1.29 is 4.39 Å². The molecule has 0 nitrogen and oxygen atoms in total. The zero-order valence-electron chi connectivity index (χ0n) is 7.84. The summed E-state index contributed by atoms with van der Waals surface area (Å²) in [5, 5.41) is 0.199. The predicted molar refractivity (Wildman–Crippen MR) is 57.1 cm³/mol. The van der Waals surface area contributed by atoms with Gasteiger partial charge >= 0.3 is 0 Å². The van der Waals surface area contributed by atoms with Crippen LogP contribution >= 0.6 is 11.6 Å². The van der Waals surface area contributed by atoms with Crippen LogP contribution in [0.1, 0.15) is 18.4 Å². The third-order valence-corrected chi connectivity index (χ3v) is 2.85. The third-order valence-electron chi connectivity index (χ3n) is 2.50. The first-order valence-corrected chi connectivity index (χ1v) is 5.26. The molecule has 0 spiro atoms. The Morgan fingerprint density at radius 3 is 2.57 bits per heavy atom. The maximum Gasteiger partial charge on any atom is 0.123 e. The van der Waals surface area contributed by atoms with Crippen LogP contribution in [-0.4, -0.2) is 5.38 Å². The second kappa shape index (κ2) is 4.14. The lowest BCUT2D eigenvalue weighted by molar-refractivity contribution is 0.627. The van der Waals surface area contributed by atoms with E-state index in [1.165, 1.54) is 17.7 Å². The number of benzene rings is 1. The Morgan fingerprint density at radius 1 is 1.29 bits per heavy atom. The molecule has 0 aliphatic heterocycles. The summed E-state index contributed by atoms with van der Waals surface area (Å²) < 4.78 is 12.6. The van der Waals surface area contributed by atoms with E-state index in [-0.39, 0.29) is 11.2 Å². The molecule has 2 heteroatoms. The van der Waals surface area contributed by atoms with Gasteiger partial charge in [0.2, 0.25) is 0 Å². The summed E-state index contributed by atoms with van der Waals surface area (Å²) in [5.41, 5.74) is 2.53. The molecule has 1 atom stereocenters. The highest BCUT2D eigenvalue weighted by Crippen LogP contribution is 2.25. The molecule has 0 bridgehead atoms. The summed E-state index contributed by atoms with van der Waals surface area (Å²) in [7, 11) is 0. The minimum Gasteiger partial charge on any atom is -0.207 e. The van der Waals surface area contributed by atoms with E-state index in [0.29, 0.717) is 0 Å². The van der Waals surface area contributed by atoms with Gasteiger partial charge in [-0.05, 0) is 37.0 Å². The van der Waals surface area contributed by atoms with Gasteiger partial charge in [0.15, 0.2) is 0 Å². The smallest absolute Gasteiger partial charge is 0.123 e. The Labute approximate surface area is 88.4 Å². The standard InChI is InChI=1S/C12H12ClF/c13-11-4-1-10(8-11)7-9-2-5-12(14)6-3-9/h2-3,5-6,8,11H,1,4,7H2. The number of allylic oxidation sites excluding steroid dienone is 2. The summed E-state index contributed by atoms with van der Waals surface area (Å²) in [4.78, 5) is 0. The average Bonchev–Trinajstić information content (AvgIpc) is 2.56. The van der Waals surface area contributed by atoms with Crippen LogP contribution in [-0.2, 0) is 6.42 Å². The molecule has 14 heavy (non-hydrogen) atoms. The van der Waals surface area contributed by atoms with Crippen molar-refractivity contribution in [1.29, 1.82) is 0 Å². The van der Waals surface area contributed by atoms with E-state index in [4.69, 9.17) is 11.6 Å². The van der Waals surface area contributed by atoms with Gasteiger partial charge in [-0.3, -0.25) is 0 Å². The summed E-state index contributed by atoms with van der Waals surface area (Å²) in [6.45, 7) is 0. The molecule has 0 amide bonds. The minimum atomic E-state index is -0.177. The van der Waals surface area contributed by atoms with E-state index in [2.05, 4.69) is 6.08 Å². The molecule has 1 unspecified atom stereocenters. The van der Waals surface area contributed by atoms with E-state index in [1.807, 2.05) is 12.1 Å². The van der Waals surface area contributed by atoms with Crippen molar-refractivity contribution >= 4 is 11.6 Å². The first-order valence-electron chi connectivity index (χ1n) is 4.82. The number of hydrogen-bond acceptors (Lipinski definition) is 0. The lowest BCUT2D eigenvalue weighted by Gasteiger charge is -2.01. The molecule has 0 radical (unpaired) electrons. The Hall–Kier alpha value is -0.820. The first-order chi connectivity index (χ1) is 6.74. The van der Waals surface area contributed by atoms with Crippen molar-refractivity contribution in [2.75, 3.05) is 0 Å². The van der Waals surface area contributed by atoms with Crippen LogP contribution in [0.3, 0.4) is 0 Å². The zero-order chi connectivity index (χ0) is 9.97. The van der Waals surface area contributed by atoms with Crippen molar-refractivity contribution in [2.24, 2.45) is 0 Å². The van der Waals surface area contributed by atoms with E-state index >= 15 is 0 Å². The number of hydrogen-bond donors (Lipinski definition) is 0. The summed E-state index contributed by atoms with van der Waals surface area (Å²) in [6, 6.07) is 6.67. The molecule has 2 rings (SSSR count). The predicted octanol–water partition coefficient (Wildman–Crippen LogP) is 3.70. The van der Waals surface area contributed by atoms with Gasteiger partial charge in [-0.15, -0.1) is 11.6 Å². The fraction of sp³-hybridized carbons (Fsp3) is 0.333. The second-order valence-corrected chi connectivity index (χ2v) is 4.24. The van der Waals surface area contributed by atoms with Gasteiger partial charge < -0.3 is 0 Å². The summed E-state index contributed by atoms with van der Waals surface area (Å²) in [6.07, 6.45) is 5.14. The molecule has 0 saturated carbocycles. The molecule has 1 aromatic rings. The van der Waals surface area contributed by atoms with Crippen molar-refractivity contribution in [3.05, 3.63) is 47.3 Å². The van der Waals surface area contributed by atoms with Crippen molar-refractivity contribution in [2.45, 2.75) is 24.6 Å². The highest BCUT2D eigenvalue weighted by atomic mass is 35.5. The number of alkyl halides is 1. The summed E-state index contributed by atoms with van der Waals surface area (Å²) in [5.74, 6) is -0.177. The highest BCUT2D eigenvalue weighted by molar-refractivity contribution is 6.22. The number of rotatable bonds is 2. The molecule has 0 saturated heterocycles. The Balaban J connectivity index is 2.04. The Morgan fingerprint density at radius 2 is 2.00 bits per heavy atom. The van der Waals surface area contributed by atoms with Gasteiger partial charge in [-0.25, -0.2) is 4.39 Å². The lowest BCUT2D eigenvalue weighted by atomic mass is 10.1. The maximum absolute atomic E-state index is 12.6. The van der Waals surface area contributed by atoms with Crippen LogP contribution < -0.4 is 0 Å². The third kappa shape index (κ3) is 2.36. The van der Waals surface area contributed by atoms with Crippen molar-refractivity contribution in [1.82, 2.24) is 0 Å². The number of halogens is 2. The van der Waals surface area contributed by atoms with Gasteiger partial charge in [0, 0.05) is 0 Å². The van der Waals surface area contributed by atoms with Crippen molar-refractivity contribution in [3.63, 3.8) is 0 Å². The van der Waals surface area contributed by atoms with Gasteiger partial charge in [-0.2, -0.15) is 0 Å². The zero-order valence-corrected chi connectivity index (χ0v) is 8.60. The molecule has 1 aromatic carbocycles. The second-order valence-electron chi connectivity index (χ2n) is 3.68. The minimum absolute atomic E-state index is 0.177. The van der Waals surface area contributed by atoms with Crippen LogP contribution in [0.5, 0.6) is 0 Å². The van der Waals surface area contributed by atoms with E-state index < -0.39 is 0 Å². The molecule has 74 valence electrons. The molecule has 0 aromatic heterocycles. The Bertz CT molecular complexity index is 340. The van der Waals surface area contributed by atoms with E-state index in [0.717, 1.165) is 24.8 Å². The maximum atomic E-state index is 12.6. The molecule has 0 heterocycles. The fourth-order valence-electron chi connectivity index (χ4n) is 1.76. The summed E-state index contributed by atoms with van der Waals surface area (Å²) >= 11 is 5.96. The lowest BCUT2D eigenvalue weighted by Crippen LogP contribution is -1.87. The first kappa shape index (κ1) is 9.72. The van der Waals surface area contributed by atoms with E-state index in [1.54, 1.807) is 0 Å². The monoisotopic (exact) mass is 210 g/mol. The molecule has 0 N–H and O–H groups in total. The molecule has 0 fully saturated rings. The largest absolute Gasteiger partial charge is 0.207 e. The van der Waals surface area contributed by atoms with Gasteiger partial charge in [0.1, 0.15) is 5.82 Å².